The molecular formula is C18H18N2O3. The Balaban J connectivity index is 2.12. The molecule has 1 heterocycles. The average Bonchev–Trinajstić information content (AvgIpc) is 2.86. The largest absolute Gasteiger partial charge is 0.383 e. The summed E-state index contributed by atoms with van der Waals surface area (Å²) < 4.78 is 5.01. The smallest absolute Gasteiger partial charge is 0.325 e. The van der Waals surface area contributed by atoms with Crippen LogP contribution < -0.4 is 5.32 Å². The lowest BCUT2D eigenvalue weighted by molar-refractivity contribution is -0.130. The molecule has 0 saturated carbocycles. The molecule has 3 rings (SSSR count). The highest BCUT2D eigenvalue weighted by Crippen LogP contribution is 2.35. The van der Waals surface area contributed by atoms with E-state index in [-0.39, 0.29) is 12.5 Å². The van der Waals surface area contributed by atoms with Crippen LogP contribution in [0.2, 0.25) is 0 Å². The lowest BCUT2D eigenvalue weighted by Crippen LogP contribution is -2.45. The highest BCUT2D eigenvalue weighted by atomic mass is 16.5. The number of imide groups is 1. The number of amides is 3. The Morgan fingerprint density at radius 3 is 1.96 bits per heavy atom. The van der Waals surface area contributed by atoms with E-state index in [0.717, 1.165) is 11.1 Å². The van der Waals surface area contributed by atoms with E-state index in [1.807, 2.05) is 60.7 Å². The van der Waals surface area contributed by atoms with Gasteiger partial charge in [0.1, 0.15) is 0 Å². The first-order valence-corrected chi connectivity index (χ1v) is 7.44. The monoisotopic (exact) mass is 310 g/mol. The highest BCUT2D eigenvalue weighted by Gasteiger charge is 2.53. The van der Waals surface area contributed by atoms with E-state index in [2.05, 4.69) is 5.32 Å². The summed E-state index contributed by atoms with van der Waals surface area (Å²) in [5, 5.41) is 2.89. The average molecular weight is 310 g/mol. The van der Waals surface area contributed by atoms with E-state index in [4.69, 9.17) is 4.74 Å². The van der Waals surface area contributed by atoms with Gasteiger partial charge >= 0.3 is 6.03 Å². The topological polar surface area (TPSA) is 58.6 Å². The van der Waals surface area contributed by atoms with E-state index in [9.17, 15) is 9.59 Å². The normalized spacial score (nSPS) is 16.5. The minimum Gasteiger partial charge on any atom is -0.383 e. The first-order valence-electron chi connectivity index (χ1n) is 7.44. The molecule has 23 heavy (non-hydrogen) atoms. The zero-order chi connectivity index (χ0) is 16.3. The molecule has 2 aromatic rings. The van der Waals surface area contributed by atoms with Gasteiger partial charge in [0.2, 0.25) is 0 Å². The first-order chi connectivity index (χ1) is 11.2. The molecule has 3 amide bonds. The summed E-state index contributed by atoms with van der Waals surface area (Å²) in [5.41, 5.74) is 0.293. The maximum absolute atomic E-state index is 13.1. The molecule has 5 nitrogen and oxygen atoms in total. The fraction of sp³-hybridized carbons (Fsp3) is 0.222. The number of hydrogen-bond donors (Lipinski definition) is 1. The Morgan fingerprint density at radius 1 is 0.957 bits per heavy atom. The van der Waals surface area contributed by atoms with Gasteiger partial charge in [0.15, 0.2) is 5.54 Å². The van der Waals surface area contributed by atoms with Gasteiger partial charge in [-0.25, -0.2) is 4.79 Å². The number of ether oxygens (including phenoxy) is 1. The van der Waals surface area contributed by atoms with Crippen molar-refractivity contribution in [2.24, 2.45) is 0 Å². The number of rotatable bonds is 5. The Kier molecular flexibility index (Phi) is 4.12. The summed E-state index contributed by atoms with van der Waals surface area (Å²) >= 11 is 0. The summed E-state index contributed by atoms with van der Waals surface area (Å²) in [6, 6.07) is 18.2. The number of hydrogen-bond acceptors (Lipinski definition) is 3. The van der Waals surface area contributed by atoms with Gasteiger partial charge in [-0.1, -0.05) is 60.7 Å². The van der Waals surface area contributed by atoms with Crippen molar-refractivity contribution in [3.8, 4) is 0 Å². The van der Waals surface area contributed by atoms with Crippen molar-refractivity contribution in [3.63, 3.8) is 0 Å². The lowest BCUT2D eigenvalue weighted by Gasteiger charge is -2.28. The van der Waals surface area contributed by atoms with Gasteiger partial charge in [0.05, 0.1) is 13.2 Å². The summed E-state index contributed by atoms with van der Waals surface area (Å²) in [4.78, 5) is 26.7. The van der Waals surface area contributed by atoms with Crippen molar-refractivity contribution in [1.82, 2.24) is 10.2 Å². The summed E-state index contributed by atoms with van der Waals surface area (Å²) in [5.74, 6) is -0.281. The molecule has 1 aliphatic rings. The van der Waals surface area contributed by atoms with Gasteiger partial charge in [-0.15, -0.1) is 0 Å². The maximum atomic E-state index is 13.1. The molecule has 0 bridgehead atoms. The van der Waals surface area contributed by atoms with Gasteiger partial charge < -0.3 is 10.1 Å². The Bertz CT molecular complexity index is 661. The fourth-order valence-electron chi connectivity index (χ4n) is 2.90. The second kappa shape index (κ2) is 6.22. The zero-order valence-corrected chi connectivity index (χ0v) is 12.9. The van der Waals surface area contributed by atoms with E-state index < -0.39 is 11.6 Å². The van der Waals surface area contributed by atoms with Crippen LogP contribution in [0, 0.1) is 0 Å². The Labute approximate surface area is 134 Å². The van der Waals surface area contributed by atoms with Crippen LogP contribution in [0.4, 0.5) is 4.79 Å². The van der Waals surface area contributed by atoms with Crippen molar-refractivity contribution in [3.05, 3.63) is 71.8 Å². The third-order valence-electron chi connectivity index (χ3n) is 4.04. The van der Waals surface area contributed by atoms with Crippen LogP contribution in [0.1, 0.15) is 11.1 Å². The van der Waals surface area contributed by atoms with Crippen LogP contribution >= 0.6 is 0 Å². The van der Waals surface area contributed by atoms with E-state index in [1.165, 1.54) is 4.90 Å². The summed E-state index contributed by atoms with van der Waals surface area (Å²) in [7, 11) is 1.54. The van der Waals surface area contributed by atoms with Crippen LogP contribution in [0.25, 0.3) is 0 Å². The van der Waals surface area contributed by atoms with E-state index in [1.54, 1.807) is 7.11 Å². The Morgan fingerprint density at radius 2 is 1.48 bits per heavy atom. The standard InChI is InChI=1S/C18H18N2O3/c1-23-13-12-20-16(21)18(19-17(20)22,14-8-4-2-5-9-14)15-10-6-3-7-11-15/h2-11H,12-13H2,1H3,(H,19,22). The molecule has 0 unspecified atom stereocenters. The van der Waals surface area contributed by atoms with E-state index in [0.29, 0.717) is 6.61 Å². The van der Waals surface area contributed by atoms with Crippen LogP contribution in [0.15, 0.2) is 60.7 Å². The first kappa shape index (κ1) is 15.2. The van der Waals surface area contributed by atoms with Gasteiger partial charge in [0.25, 0.3) is 5.91 Å². The minimum atomic E-state index is -1.19. The van der Waals surface area contributed by atoms with Crippen LogP contribution in [0.3, 0.4) is 0 Å². The molecule has 2 aromatic carbocycles. The third-order valence-corrected chi connectivity index (χ3v) is 4.04. The summed E-state index contributed by atoms with van der Waals surface area (Å²) in [6.45, 7) is 0.529. The lowest BCUT2D eigenvalue weighted by atomic mass is 9.82. The van der Waals surface area contributed by atoms with Crippen LogP contribution in [-0.2, 0) is 15.1 Å². The van der Waals surface area contributed by atoms with Gasteiger partial charge in [-0.05, 0) is 11.1 Å². The van der Waals surface area contributed by atoms with Crippen molar-refractivity contribution in [2.45, 2.75) is 5.54 Å². The Hall–Kier alpha value is -2.66. The predicted molar refractivity (Wildman–Crippen MR) is 85.8 cm³/mol. The predicted octanol–water partition coefficient (Wildman–Crippen LogP) is 2.13. The molecule has 0 aliphatic carbocycles. The van der Waals surface area contributed by atoms with E-state index >= 15 is 0 Å². The molecule has 1 N–H and O–H groups in total. The summed E-state index contributed by atoms with van der Waals surface area (Å²) in [6.07, 6.45) is 0. The third kappa shape index (κ3) is 2.49. The zero-order valence-electron chi connectivity index (χ0n) is 12.9. The molecule has 0 atom stereocenters. The van der Waals surface area contributed by atoms with Crippen molar-refractivity contribution < 1.29 is 14.3 Å². The number of carbonyl (C=O) groups is 2. The molecule has 1 saturated heterocycles. The van der Waals surface area contributed by atoms with Crippen LogP contribution in [0.5, 0.6) is 0 Å². The molecule has 1 fully saturated rings. The number of urea groups is 1. The maximum Gasteiger partial charge on any atom is 0.325 e. The van der Waals surface area contributed by atoms with Crippen molar-refractivity contribution >= 4 is 11.9 Å². The molecular weight excluding hydrogens is 292 g/mol. The number of methoxy groups -OCH3 is 1. The second-order valence-corrected chi connectivity index (χ2v) is 5.36. The number of benzene rings is 2. The van der Waals surface area contributed by atoms with Gasteiger partial charge in [-0.3, -0.25) is 9.69 Å². The number of nitrogens with one attached hydrogen (secondary N) is 1. The number of nitrogens with zero attached hydrogens (tertiary/aromatic N) is 1. The quantitative estimate of drug-likeness (QED) is 0.861. The van der Waals surface area contributed by atoms with Gasteiger partial charge in [0, 0.05) is 7.11 Å². The van der Waals surface area contributed by atoms with Crippen LogP contribution in [-0.4, -0.2) is 37.1 Å². The number of carbonyl (C=O) groups excluding carboxylic acids is 2. The van der Waals surface area contributed by atoms with Crippen molar-refractivity contribution in [2.75, 3.05) is 20.3 Å². The molecule has 1 aliphatic heterocycles. The van der Waals surface area contributed by atoms with Gasteiger partial charge in [-0.2, -0.15) is 0 Å². The SMILES string of the molecule is COCCN1C(=O)NC(c2ccccc2)(c2ccccc2)C1=O. The molecule has 0 spiro atoms. The second-order valence-electron chi connectivity index (χ2n) is 5.36. The van der Waals surface area contributed by atoms with Crippen molar-refractivity contribution in [1.29, 1.82) is 0 Å². The highest BCUT2D eigenvalue weighted by molar-refractivity contribution is 6.09. The fourth-order valence-corrected chi connectivity index (χ4v) is 2.90. The molecule has 0 aromatic heterocycles. The molecule has 5 heteroatoms. The molecule has 118 valence electrons. The molecule has 0 radical (unpaired) electrons. The minimum absolute atomic E-state index is 0.225.